The number of halogens is 1. The summed E-state index contributed by atoms with van der Waals surface area (Å²) in [5.41, 5.74) is 3.54. The Morgan fingerprint density at radius 1 is 1.33 bits per heavy atom. The quantitative estimate of drug-likeness (QED) is 0.693. The molecule has 1 amide bonds. The van der Waals surface area contributed by atoms with Crippen LogP contribution in [0.3, 0.4) is 0 Å². The van der Waals surface area contributed by atoms with Crippen LogP contribution in [0.25, 0.3) is 11.1 Å². The zero-order valence-corrected chi connectivity index (χ0v) is 20.0. The lowest BCUT2D eigenvalue weighted by Crippen LogP contribution is -2.44. The van der Waals surface area contributed by atoms with Crippen molar-refractivity contribution in [3.8, 4) is 17.0 Å². The van der Waals surface area contributed by atoms with E-state index in [0.29, 0.717) is 48.4 Å². The Labute approximate surface area is 194 Å². The number of amides is 1. The number of hydrogen-bond donors (Lipinski definition) is 1. The Balaban J connectivity index is 1.70. The zero-order valence-electron chi connectivity index (χ0n) is 19.2. The second-order valence-corrected chi connectivity index (χ2v) is 10.8. The first kappa shape index (κ1) is 23.8. The van der Waals surface area contributed by atoms with E-state index in [1.807, 2.05) is 6.92 Å². The molecular formula is C24H31FN4O3S. The third-order valence-electron chi connectivity index (χ3n) is 6.68. The van der Waals surface area contributed by atoms with E-state index in [2.05, 4.69) is 14.2 Å². The molecule has 2 atom stereocenters. The normalized spacial score (nSPS) is 20.2. The minimum Gasteiger partial charge on any atom is -0.481 e. The maximum atomic E-state index is 14.9. The number of pyridine rings is 1. The Bertz CT molecular complexity index is 1180. The molecule has 2 N–H and O–H groups in total. The van der Waals surface area contributed by atoms with Gasteiger partial charge in [0.05, 0.1) is 18.8 Å². The molecule has 4 rings (SSSR count). The van der Waals surface area contributed by atoms with Crippen molar-refractivity contribution in [3.63, 3.8) is 0 Å². The van der Waals surface area contributed by atoms with Gasteiger partial charge in [0.1, 0.15) is 15.7 Å². The van der Waals surface area contributed by atoms with Crippen molar-refractivity contribution in [1.29, 1.82) is 0 Å². The molecule has 7 nitrogen and oxygen atoms in total. The number of carbonyl (C=O) groups excluding carboxylic acids is 1. The Morgan fingerprint density at radius 3 is 2.88 bits per heavy atom. The highest BCUT2D eigenvalue weighted by molar-refractivity contribution is 7.92. The molecule has 2 aliphatic rings. The van der Waals surface area contributed by atoms with Gasteiger partial charge in [-0.1, -0.05) is 6.92 Å². The average molecular weight is 475 g/mol. The number of methoxy groups -OCH3 is 1. The molecule has 1 saturated heterocycles. The predicted molar refractivity (Wildman–Crippen MR) is 127 cm³/mol. The van der Waals surface area contributed by atoms with Gasteiger partial charge in [-0.25, -0.2) is 18.7 Å². The van der Waals surface area contributed by atoms with Gasteiger partial charge in [0, 0.05) is 18.8 Å². The van der Waals surface area contributed by atoms with Crippen LogP contribution in [0.15, 0.2) is 28.8 Å². The molecule has 0 saturated carbocycles. The van der Waals surface area contributed by atoms with Gasteiger partial charge >= 0.3 is 0 Å². The number of hydrogen-bond acceptors (Lipinski definition) is 5. The summed E-state index contributed by atoms with van der Waals surface area (Å²) in [6, 6.07) is 4.95. The van der Waals surface area contributed by atoms with Crippen LogP contribution in [0.4, 0.5) is 4.39 Å². The molecule has 2 heterocycles. The smallest absolute Gasteiger partial charge is 0.259 e. The van der Waals surface area contributed by atoms with Crippen LogP contribution in [0.2, 0.25) is 0 Å². The average Bonchev–Trinajstić information content (AvgIpc) is 3.31. The summed E-state index contributed by atoms with van der Waals surface area (Å²) in [7, 11) is -1.66. The van der Waals surface area contributed by atoms with Crippen molar-refractivity contribution in [2.75, 3.05) is 26.7 Å². The van der Waals surface area contributed by atoms with Gasteiger partial charge < -0.3 is 9.64 Å². The highest BCUT2D eigenvalue weighted by Gasteiger charge is 2.28. The summed E-state index contributed by atoms with van der Waals surface area (Å²) in [4.78, 5) is 19.3. The molecule has 1 aromatic carbocycles. The predicted octanol–water partition coefficient (Wildman–Crippen LogP) is 3.28. The number of rotatable bonds is 6. The summed E-state index contributed by atoms with van der Waals surface area (Å²) in [5.74, 6) is -0.400. The van der Waals surface area contributed by atoms with Crippen LogP contribution >= 0.6 is 0 Å². The van der Waals surface area contributed by atoms with Crippen molar-refractivity contribution < 1.29 is 18.1 Å². The molecule has 1 aliphatic heterocycles. The summed E-state index contributed by atoms with van der Waals surface area (Å²) >= 11 is 0. The van der Waals surface area contributed by atoms with Gasteiger partial charge in [0.15, 0.2) is 0 Å². The maximum absolute atomic E-state index is 14.9. The third-order valence-corrected chi connectivity index (χ3v) is 8.51. The van der Waals surface area contributed by atoms with Crippen LogP contribution < -0.4 is 9.88 Å². The van der Waals surface area contributed by atoms with Crippen molar-refractivity contribution in [1.82, 2.24) is 9.88 Å². The van der Waals surface area contributed by atoms with Crippen molar-refractivity contribution in [2.45, 2.75) is 50.7 Å². The third kappa shape index (κ3) is 5.10. The lowest BCUT2D eigenvalue weighted by molar-refractivity contribution is -0.117. The molecule has 1 aromatic heterocycles. The summed E-state index contributed by atoms with van der Waals surface area (Å²) in [6.45, 7) is 4.42. The second kappa shape index (κ2) is 9.87. The Hall–Kier alpha value is -2.36. The van der Waals surface area contributed by atoms with Crippen LogP contribution in [-0.2, 0) is 34.0 Å². The van der Waals surface area contributed by atoms with E-state index in [1.54, 1.807) is 18.3 Å². The summed E-state index contributed by atoms with van der Waals surface area (Å²) in [5, 5.41) is 5.78. The fourth-order valence-electron chi connectivity index (χ4n) is 4.95. The number of ether oxygens (including phenoxy) is 1. The van der Waals surface area contributed by atoms with E-state index in [1.165, 1.54) is 13.2 Å². The van der Waals surface area contributed by atoms with Gasteiger partial charge in [-0.15, -0.1) is 4.36 Å². The number of benzene rings is 1. The van der Waals surface area contributed by atoms with Crippen molar-refractivity contribution in [3.05, 3.63) is 46.9 Å². The Morgan fingerprint density at radius 2 is 2.12 bits per heavy atom. The van der Waals surface area contributed by atoms with E-state index < -0.39 is 15.8 Å². The zero-order chi connectivity index (χ0) is 23.6. The van der Waals surface area contributed by atoms with Crippen LogP contribution in [0, 0.1) is 5.82 Å². The molecule has 178 valence electrons. The number of nitrogens with zero attached hydrogens (tertiary/aromatic N) is 3. The van der Waals surface area contributed by atoms with E-state index in [-0.39, 0.29) is 17.5 Å². The fraction of sp³-hybridized carbons (Fsp3) is 0.500. The first-order chi connectivity index (χ1) is 15.8. The molecule has 9 heteroatoms. The highest BCUT2D eigenvalue weighted by atomic mass is 32.2. The lowest BCUT2D eigenvalue weighted by Gasteiger charge is -2.31. The van der Waals surface area contributed by atoms with Gasteiger partial charge in [0.2, 0.25) is 5.88 Å². The second-order valence-electron chi connectivity index (χ2n) is 8.72. The number of aromatic nitrogens is 1. The lowest BCUT2D eigenvalue weighted by atomic mass is 9.91. The highest BCUT2D eigenvalue weighted by Crippen LogP contribution is 2.36. The van der Waals surface area contributed by atoms with Gasteiger partial charge in [-0.05, 0) is 85.1 Å². The molecule has 33 heavy (non-hydrogen) atoms. The molecule has 1 fully saturated rings. The summed E-state index contributed by atoms with van der Waals surface area (Å²) < 4.78 is 37.3. The Kier molecular flexibility index (Phi) is 7.11. The first-order valence-corrected chi connectivity index (χ1v) is 13.1. The SMILES string of the molecule is CCN1CCCC(S(N)(=O)=NC(=O)Cc2c(-c3ccnc(OC)c3)cc(F)c3c2CCC3)C1. The minimum atomic E-state index is -3.18. The molecule has 0 bridgehead atoms. The number of likely N-dealkylation sites (tertiary alicyclic amines) is 1. The van der Waals surface area contributed by atoms with Gasteiger partial charge in [0.25, 0.3) is 5.91 Å². The first-order valence-electron chi connectivity index (χ1n) is 11.4. The largest absolute Gasteiger partial charge is 0.481 e. The fourth-order valence-corrected chi connectivity index (χ4v) is 6.41. The summed E-state index contributed by atoms with van der Waals surface area (Å²) in [6.07, 6.45) is 5.26. The van der Waals surface area contributed by atoms with Gasteiger partial charge in [-0.2, -0.15) is 0 Å². The molecule has 0 spiro atoms. The molecular weight excluding hydrogens is 443 g/mol. The van der Waals surface area contributed by atoms with E-state index in [9.17, 15) is 13.4 Å². The van der Waals surface area contributed by atoms with E-state index >= 15 is 0 Å². The molecule has 0 radical (unpaired) electrons. The van der Waals surface area contributed by atoms with Gasteiger partial charge in [-0.3, -0.25) is 4.79 Å². The van der Waals surface area contributed by atoms with E-state index in [0.717, 1.165) is 37.1 Å². The van der Waals surface area contributed by atoms with E-state index in [4.69, 9.17) is 9.88 Å². The molecule has 2 aromatic rings. The standard InChI is InChI=1S/C24H31FN4O3S/c1-3-29-11-5-6-17(15-29)33(26,31)28-23(30)14-21-18-7-4-8-19(18)22(25)13-20(21)16-9-10-27-24(12-16)32-2/h9-10,12-13,17H,3-8,11,14-15H2,1-2H3,(H2,26,28,30,31). The molecule has 1 aliphatic carbocycles. The number of fused-ring (bicyclic) bond motifs is 1. The number of piperidine rings is 1. The van der Waals surface area contributed by atoms with Crippen LogP contribution in [0.5, 0.6) is 5.88 Å². The van der Waals surface area contributed by atoms with Crippen molar-refractivity contribution >= 4 is 15.8 Å². The minimum absolute atomic E-state index is 0.0685. The monoisotopic (exact) mass is 474 g/mol. The van der Waals surface area contributed by atoms with Crippen LogP contribution in [-0.4, -0.2) is 52.0 Å². The topological polar surface area (TPSA) is 97.9 Å². The molecule has 2 unspecified atom stereocenters. The number of carbonyl (C=O) groups is 1. The number of nitrogens with two attached hydrogens (primary N) is 1. The maximum Gasteiger partial charge on any atom is 0.259 e. The van der Waals surface area contributed by atoms with Crippen molar-refractivity contribution in [2.24, 2.45) is 9.50 Å². The van der Waals surface area contributed by atoms with Crippen LogP contribution in [0.1, 0.15) is 42.9 Å².